The molecule has 0 bridgehead atoms. The van der Waals surface area contributed by atoms with Crippen molar-refractivity contribution in [2.24, 2.45) is 0 Å². The van der Waals surface area contributed by atoms with Gasteiger partial charge in [-0.1, -0.05) is 29.8 Å². The zero-order chi connectivity index (χ0) is 14.4. The van der Waals surface area contributed by atoms with Gasteiger partial charge in [-0.2, -0.15) is 0 Å². The average Bonchev–Trinajstić information content (AvgIpc) is 2.46. The molecule has 102 valence electrons. The van der Waals surface area contributed by atoms with Crippen LogP contribution in [0, 0.1) is 0 Å². The Kier molecular flexibility index (Phi) is 4.80. The lowest BCUT2D eigenvalue weighted by atomic mass is 10.2. The van der Waals surface area contributed by atoms with E-state index in [-0.39, 0.29) is 5.91 Å². The number of amides is 1. The molecule has 0 atom stereocenters. The van der Waals surface area contributed by atoms with E-state index in [1.807, 2.05) is 24.3 Å². The monoisotopic (exact) mass is 287 g/mol. The summed E-state index contributed by atoms with van der Waals surface area (Å²) in [5.41, 5.74) is 1.59. The fourth-order valence-corrected chi connectivity index (χ4v) is 1.83. The first kappa shape index (κ1) is 14.2. The van der Waals surface area contributed by atoms with Crippen molar-refractivity contribution in [3.05, 3.63) is 65.2 Å². The van der Waals surface area contributed by atoms with E-state index in [1.165, 1.54) is 6.08 Å². The molecule has 1 N–H and O–H groups in total. The van der Waals surface area contributed by atoms with Gasteiger partial charge in [0.25, 0.3) is 0 Å². The van der Waals surface area contributed by atoms with Gasteiger partial charge in [0.05, 0.1) is 7.11 Å². The van der Waals surface area contributed by atoms with Crippen LogP contribution in [0.25, 0.3) is 6.08 Å². The molecule has 2 rings (SSSR count). The Hall–Kier alpha value is -2.26. The van der Waals surface area contributed by atoms with Gasteiger partial charge in [-0.25, -0.2) is 0 Å². The van der Waals surface area contributed by atoms with Crippen LogP contribution in [0.1, 0.15) is 5.56 Å². The first-order chi connectivity index (χ1) is 9.67. The van der Waals surface area contributed by atoms with Gasteiger partial charge >= 0.3 is 0 Å². The Morgan fingerprint density at radius 2 is 1.95 bits per heavy atom. The third kappa shape index (κ3) is 4.14. The lowest BCUT2D eigenvalue weighted by Gasteiger charge is -2.02. The zero-order valence-corrected chi connectivity index (χ0v) is 11.7. The fraction of sp³-hybridized carbons (Fsp3) is 0.0625. The molecule has 0 spiro atoms. The molecule has 0 heterocycles. The number of hydrogen-bond donors (Lipinski definition) is 1. The number of benzene rings is 2. The van der Waals surface area contributed by atoms with Crippen molar-refractivity contribution in [1.29, 1.82) is 0 Å². The third-order valence-electron chi connectivity index (χ3n) is 2.64. The van der Waals surface area contributed by atoms with E-state index in [2.05, 4.69) is 5.32 Å². The topological polar surface area (TPSA) is 38.3 Å². The molecule has 3 nitrogen and oxygen atoms in total. The van der Waals surface area contributed by atoms with E-state index in [9.17, 15) is 4.79 Å². The average molecular weight is 288 g/mol. The predicted octanol–water partition coefficient (Wildman–Crippen LogP) is 4.00. The molecule has 0 unspecified atom stereocenters. The van der Waals surface area contributed by atoms with Crippen LogP contribution in [0.3, 0.4) is 0 Å². The highest BCUT2D eigenvalue weighted by atomic mass is 35.5. The first-order valence-corrected chi connectivity index (χ1v) is 6.44. The summed E-state index contributed by atoms with van der Waals surface area (Å²) in [6.07, 6.45) is 3.21. The highest BCUT2D eigenvalue weighted by molar-refractivity contribution is 6.30. The van der Waals surface area contributed by atoms with E-state index < -0.39 is 0 Å². The molecule has 20 heavy (non-hydrogen) atoms. The summed E-state index contributed by atoms with van der Waals surface area (Å²) < 4.78 is 5.07. The third-order valence-corrected chi connectivity index (χ3v) is 2.87. The van der Waals surface area contributed by atoms with Gasteiger partial charge in [-0.05, 0) is 42.0 Å². The van der Waals surface area contributed by atoms with Crippen LogP contribution < -0.4 is 10.1 Å². The van der Waals surface area contributed by atoms with Crippen molar-refractivity contribution in [2.45, 2.75) is 0 Å². The summed E-state index contributed by atoms with van der Waals surface area (Å²) in [5.74, 6) is 0.577. The molecule has 2 aromatic rings. The van der Waals surface area contributed by atoms with Gasteiger partial charge in [0.15, 0.2) is 0 Å². The van der Waals surface area contributed by atoms with Crippen LogP contribution in [-0.2, 0) is 4.79 Å². The van der Waals surface area contributed by atoms with Crippen LogP contribution in [0.2, 0.25) is 5.02 Å². The summed E-state index contributed by atoms with van der Waals surface area (Å²) in [4.78, 5) is 11.8. The number of carbonyl (C=O) groups is 1. The van der Waals surface area contributed by atoms with Crippen molar-refractivity contribution >= 4 is 29.3 Å². The van der Waals surface area contributed by atoms with Gasteiger partial charge in [-0.3, -0.25) is 4.79 Å². The Balaban J connectivity index is 1.98. The van der Waals surface area contributed by atoms with Crippen molar-refractivity contribution in [3.63, 3.8) is 0 Å². The standard InChI is InChI=1S/C16H14ClNO2/c1-20-15-8-5-12(6-9-15)7-10-16(19)18-14-4-2-3-13(17)11-14/h2-11H,1H3,(H,18,19). The smallest absolute Gasteiger partial charge is 0.248 e. The largest absolute Gasteiger partial charge is 0.497 e. The molecule has 0 aromatic heterocycles. The number of anilines is 1. The zero-order valence-electron chi connectivity index (χ0n) is 11.0. The summed E-state index contributed by atoms with van der Waals surface area (Å²) in [5, 5.41) is 3.33. The summed E-state index contributed by atoms with van der Waals surface area (Å²) in [6, 6.07) is 14.5. The quantitative estimate of drug-likeness (QED) is 0.863. The molecule has 0 radical (unpaired) electrons. The van der Waals surface area contributed by atoms with Crippen LogP contribution in [0.15, 0.2) is 54.6 Å². The molecule has 0 aliphatic carbocycles. The molecule has 4 heteroatoms. The minimum atomic E-state index is -0.205. The number of nitrogens with one attached hydrogen (secondary N) is 1. The number of halogens is 1. The molecule has 0 saturated carbocycles. The molecular formula is C16H14ClNO2. The molecule has 0 aliphatic heterocycles. The lowest BCUT2D eigenvalue weighted by Crippen LogP contribution is -2.07. The lowest BCUT2D eigenvalue weighted by molar-refractivity contribution is -0.111. The first-order valence-electron chi connectivity index (χ1n) is 6.06. The maximum Gasteiger partial charge on any atom is 0.248 e. The molecule has 0 aliphatic rings. The molecule has 1 amide bonds. The molecule has 2 aromatic carbocycles. The fourth-order valence-electron chi connectivity index (χ4n) is 1.64. The van der Waals surface area contributed by atoms with E-state index in [0.717, 1.165) is 11.3 Å². The number of hydrogen-bond acceptors (Lipinski definition) is 2. The van der Waals surface area contributed by atoms with Crippen LogP contribution in [0.4, 0.5) is 5.69 Å². The number of carbonyl (C=O) groups excluding carboxylic acids is 1. The summed E-state index contributed by atoms with van der Waals surface area (Å²) in [7, 11) is 1.61. The Labute approximate surface area is 122 Å². The maximum atomic E-state index is 11.8. The second-order valence-electron chi connectivity index (χ2n) is 4.11. The van der Waals surface area contributed by atoms with Gasteiger partial charge in [0.1, 0.15) is 5.75 Å². The van der Waals surface area contributed by atoms with E-state index in [4.69, 9.17) is 16.3 Å². The predicted molar refractivity (Wildman–Crippen MR) is 82.1 cm³/mol. The Morgan fingerprint density at radius 1 is 1.20 bits per heavy atom. The van der Waals surface area contributed by atoms with Crippen molar-refractivity contribution in [2.75, 3.05) is 12.4 Å². The maximum absolute atomic E-state index is 11.8. The van der Waals surface area contributed by atoms with Crippen LogP contribution in [0.5, 0.6) is 5.75 Å². The minimum absolute atomic E-state index is 0.205. The number of ether oxygens (including phenoxy) is 1. The number of methoxy groups -OCH3 is 1. The van der Waals surface area contributed by atoms with Crippen LogP contribution >= 0.6 is 11.6 Å². The number of rotatable bonds is 4. The molecule has 0 saturated heterocycles. The molecular weight excluding hydrogens is 274 g/mol. The van der Waals surface area contributed by atoms with Crippen molar-refractivity contribution in [1.82, 2.24) is 0 Å². The van der Waals surface area contributed by atoms with E-state index >= 15 is 0 Å². The summed E-state index contributed by atoms with van der Waals surface area (Å²) >= 11 is 5.85. The highest BCUT2D eigenvalue weighted by Gasteiger charge is 1.98. The van der Waals surface area contributed by atoms with Crippen molar-refractivity contribution in [3.8, 4) is 5.75 Å². The van der Waals surface area contributed by atoms with Gasteiger partial charge in [0, 0.05) is 16.8 Å². The van der Waals surface area contributed by atoms with E-state index in [1.54, 1.807) is 37.5 Å². The minimum Gasteiger partial charge on any atom is -0.497 e. The second kappa shape index (κ2) is 6.78. The Morgan fingerprint density at radius 3 is 2.60 bits per heavy atom. The Bertz CT molecular complexity index is 621. The normalized spacial score (nSPS) is 10.5. The van der Waals surface area contributed by atoms with Crippen molar-refractivity contribution < 1.29 is 9.53 Å². The SMILES string of the molecule is COc1ccc(C=CC(=O)Nc2cccc(Cl)c2)cc1. The van der Waals surface area contributed by atoms with Gasteiger partial charge < -0.3 is 10.1 Å². The van der Waals surface area contributed by atoms with Crippen LogP contribution in [-0.4, -0.2) is 13.0 Å². The van der Waals surface area contributed by atoms with E-state index in [0.29, 0.717) is 10.7 Å². The molecule has 0 fully saturated rings. The second-order valence-corrected chi connectivity index (χ2v) is 4.54. The van der Waals surface area contributed by atoms with Gasteiger partial charge in [0.2, 0.25) is 5.91 Å². The van der Waals surface area contributed by atoms with Gasteiger partial charge in [-0.15, -0.1) is 0 Å². The summed E-state index contributed by atoms with van der Waals surface area (Å²) in [6.45, 7) is 0. The highest BCUT2D eigenvalue weighted by Crippen LogP contribution is 2.15.